The van der Waals surface area contributed by atoms with Crippen LogP contribution >= 0.6 is 0 Å². The molecule has 140 valence electrons. The van der Waals surface area contributed by atoms with Crippen LogP contribution in [-0.4, -0.2) is 39.8 Å². The molecule has 0 saturated heterocycles. The van der Waals surface area contributed by atoms with E-state index in [9.17, 15) is 18.4 Å². The van der Waals surface area contributed by atoms with Gasteiger partial charge < -0.3 is 15.6 Å². The monoisotopic (exact) mass is 358 g/mol. The second-order valence-electron chi connectivity index (χ2n) is 6.48. The lowest BCUT2D eigenvalue weighted by atomic mass is 10.0. The maximum absolute atomic E-state index is 13.6. The van der Waals surface area contributed by atoms with Crippen molar-refractivity contribution in [3.63, 3.8) is 0 Å². The first-order valence-electron chi connectivity index (χ1n) is 8.59. The van der Waals surface area contributed by atoms with Gasteiger partial charge in [0.25, 0.3) is 5.89 Å². The minimum atomic E-state index is -3.01. The fourth-order valence-electron chi connectivity index (χ4n) is 2.51. The Morgan fingerprint density at radius 2 is 2.08 bits per heavy atom. The SMILES string of the molecule is CCCC(F)(F)CC(N)C(=O)NC(CC)C(=O)c1nc(C2CC2)no1. The van der Waals surface area contributed by atoms with Crippen molar-refractivity contribution >= 4 is 11.7 Å². The summed E-state index contributed by atoms with van der Waals surface area (Å²) in [5.41, 5.74) is 5.57. The first-order valence-corrected chi connectivity index (χ1v) is 8.59. The predicted molar refractivity (Wildman–Crippen MR) is 85.3 cm³/mol. The number of halogens is 2. The molecular weight excluding hydrogens is 334 g/mol. The molecule has 0 spiro atoms. The molecule has 0 aromatic carbocycles. The van der Waals surface area contributed by atoms with E-state index in [4.69, 9.17) is 10.3 Å². The van der Waals surface area contributed by atoms with Gasteiger partial charge in [0.15, 0.2) is 5.82 Å². The van der Waals surface area contributed by atoms with Gasteiger partial charge in [-0.2, -0.15) is 4.98 Å². The van der Waals surface area contributed by atoms with E-state index < -0.39 is 36.1 Å². The highest BCUT2D eigenvalue weighted by molar-refractivity contribution is 5.99. The van der Waals surface area contributed by atoms with Crippen molar-refractivity contribution < 1.29 is 22.9 Å². The molecule has 2 unspecified atom stereocenters. The second-order valence-corrected chi connectivity index (χ2v) is 6.48. The standard InChI is InChI=1S/C16H24F2N4O3/c1-3-7-16(17,18)8-10(19)14(24)20-11(4-2)12(23)15-21-13(22-25-15)9-5-6-9/h9-11H,3-8,19H2,1-2H3,(H,20,24). The number of amides is 1. The third-order valence-corrected chi connectivity index (χ3v) is 4.11. The largest absolute Gasteiger partial charge is 0.344 e. The number of aromatic nitrogens is 2. The lowest BCUT2D eigenvalue weighted by Gasteiger charge is -2.21. The minimum Gasteiger partial charge on any atom is -0.344 e. The quantitative estimate of drug-likeness (QED) is 0.620. The minimum absolute atomic E-state index is 0.182. The molecule has 25 heavy (non-hydrogen) atoms. The van der Waals surface area contributed by atoms with Crippen molar-refractivity contribution in [2.45, 2.75) is 76.3 Å². The summed E-state index contributed by atoms with van der Waals surface area (Å²) in [6.45, 7) is 3.31. The van der Waals surface area contributed by atoms with Crippen LogP contribution in [0.4, 0.5) is 8.78 Å². The maximum atomic E-state index is 13.6. The maximum Gasteiger partial charge on any atom is 0.296 e. The average molecular weight is 358 g/mol. The number of carbonyl (C=O) groups excluding carboxylic acids is 2. The van der Waals surface area contributed by atoms with Crippen LogP contribution in [0, 0.1) is 0 Å². The normalized spacial score (nSPS) is 17.2. The number of rotatable bonds is 10. The molecule has 0 aliphatic heterocycles. The molecule has 2 rings (SSSR count). The smallest absolute Gasteiger partial charge is 0.296 e. The van der Waals surface area contributed by atoms with E-state index in [1.54, 1.807) is 13.8 Å². The third kappa shape index (κ3) is 5.29. The molecule has 1 fully saturated rings. The van der Waals surface area contributed by atoms with Crippen molar-refractivity contribution in [1.82, 2.24) is 15.5 Å². The van der Waals surface area contributed by atoms with E-state index in [1.165, 1.54) is 0 Å². The zero-order valence-corrected chi connectivity index (χ0v) is 14.4. The van der Waals surface area contributed by atoms with E-state index in [1.807, 2.05) is 0 Å². The Kier molecular flexibility index (Phi) is 6.21. The van der Waals surface area contributed by atoms with Crippen molar-refractivity contribution in [2.75, 3.05) is 0 Å². The van der Waals surface area contributed by atoms with Crippen LogP contribution < -0.4 is 11.1 Å². The molecule has 7 nitrogen and oxygen atoms in total. The summed E-state index contributed by atoms with van der Waals surface area (Å²) in [5, 5.41) is 6.16. The van der Waals surface area contributed by atoms with Crippen molar-refractivity contribution in [3.05, 3.63) is 11.7 Å². The highest BCUT2D eigenvalue weighted by Crippen LogP contribution is 2.38. The summed E-state index contributed by atoms with van der Waals surface area (Å²) in [7, 11) is 0. The van der Waals surface area contributed by atoms with Gasteiger partial charge in [0, 0.05) is 18.8 Å². The fourth-order valence-corrected chi connectivity index (χ4v) is 2.51. The summed E-state index contributed by atoms with van der Waals surface area (Å²) in [5.74, 6) is -3.81. The summed E-state index contributed by atoms with van der Waals surface area (Å²) in [6.07, 6.45) is 1.37. The predicted octanol–water partition coefficient (Wildman–Crippen LogP) is 2.18. The Morgan fingerprint density at radius 1 is 1.40 bits per heavy atom. The highest BCUT2D eigenvalue weighted by Gasteiger charge is 2.35. The molecular formula is C16H24F2N4O3. The van der Waals surface area contributed by atoms with E-state index in [0.29, 0.717) is 5.82 Å². The first kappa shape index (κ1) is 19.4. The zero-order valence-electron chi connectivity index (χ0n) is 14.4. The van der Waals surface area contributed by atoms with Gasteiger partial charge in [-0.25, -0.2) is 8.78 Å². The lowest BCUT2D eigenvalue weighted by Crippen LogP contribution is -2.50. The van der Waals surface area contributed by atoms with Gasteiger partial charge in [0.1, 0.15) is 0 Å². The topological polar surface area (TPSA) is 111 Å². The van der Waals surface area contributed by atoms with Crippen LogP contribution in [0.25, 0.3) is 0 Å². The van der Waals surface area contributed by atoms with Crippen LogP contribution in [-0.2, 0) is 4.79 Å². The molecule has 1 heterocycles. The third-order valence-electron chi connectivity index (χ3n) is 4.11. The van der Waals surface area contributed by atoms with Crippen LogP contribution in [0.3, 0.4) is 0 Å². The molecule has 0 radical (unpaired) electrons. The molecule has 1 aromatic rings. The second kappa shape index (κ2) is 7.99. The van der Waals surface area contributed by atoms with Gasteiger partial charge in [0.05, 0.1) is 12.1 Å². The van der Waals surface area contributed by atoms with Crippen molar-refractivity contribution in [1.29, 1.82) is 0 Å². The van der Waals surface area contributed by atoms with Crippen LogP contribution in [0.15, 0.2) is 4.52 Å². The Labute approximate surface area is 144 Å². The van der Waals surface area contributed by atoms with Crippen LogP contribution in [0.1, 0.15) is 74.8 Å². The van der Waals surface area contributed by atoms with E-state index in [-0.39, 0.29) is 31.1 Å². The average Bonchev–Trinajstić information content (AvgIpc) is 3.28. The number of nitrogens with two attached hydrogens (primary N) is 1. The first-order chi connectivity index (χ1) is 11.8. The molecule has 9 heteroatoms. The van der Waals surface area contributed by atoms with E-state index in [0.717, 1.165) is 12.8 Å². The molecule has 0 bridgehead atoms. The van der Waals surface area contributed by atoms with Gasteiger partial charge in [-0.15, -0.1) is 0 Å². The zero-order chi connectivity index (χ0) is 18.6. The molecule has 1 aromatic heterocycles. The Bertz CT molecular complexity index is 616. The number of Topliss-reactive ketones (excluding diaryl/α,β-unsaturated/α-hetero) is 1. The number of nitrogens with one attached hydrogen (secondary N) is 1. The fraction of sp³-hybridized carbons (Fsp3) is 0.750. The van der Waals surface area contributed by atoms with E-state index >= 15 is 0 Å². The summed E-state index contributed by atoms with van der Waals surface area (Å²) >= 11 is 0. The Balaban J connectivity index is 1.94. The number of ketones is 1. The van der Waals surface area contributed by atoms with Crippen LogP contribution in [0.5, 0.6) is 0 Å². The molecule has 1 aliphatic rings. The number of hydrogen-bond acceptors (Lipinski definition) is 6. The summed E-state index contributed by atoms with van der Waals surface area (Å²) in [6, 6.07) is -2.33. The van der Waals surface area contributed by atoms with Gasteiger partial charge in [-0.3, -0.25) is 9.59 Å². The Morgan fingerprint density at radius 3 is 2.64 bits per heavy atom. The summed E-state index contributed by atoms with van der Waals surface area (Å²) < 4.78 is 32.2. The van der Waals surface area contributed by atoms with Crippen LogP contribution in [0.2, 0.25) is 0 Å². The number of alkyl halides is 2. The number of nitrogens with zero attached hydrogens (tertiary/aromatic N) is 2. The van der Waals surface area contributed by atoms with Crippen molar-refractivity contribution in [2.24, 2.45) is 5.73 Å². The molecule has 1 aliphatic carbocycles. The molecule has 1 amide bonds. The van der Waals surface area contributed by atoms with Gasteiger partial charge in [-0.05, 0) is 19.3 Å². The van der Waals surface area contributed by atoms with Gasteiger partial charge >= 0.3 is 0 Å². The van der Waals surface area contributed by atoms with Gasteiger partial charge in [0.2, 0.25) is 17.6 Å². The Hall–Kier alpha value is -1.90. The van der Waals surface area contributed by atoms with E-state index in [2.05, 4.69) is 15.5 Å². The molecule has 1 saturated carbocycles. The summed E-state index contributed by atoms with van der Waals surface area (Å²) in [4.78, 5) is 28.5. The number of carbonyl (C=O) groups is 2. The number of hydrogen-bond donors (Lipinski definition) is 2. The van der Waals surface area contributed by atoms with Gasteiger partial charge in [-0.1, -0.05) is 25.4 Å². The molecule has 3 N–H and O–H groups in total. The molecule has 2 atom stereocenters. The van der Waals surface area contributed by atoms with Crippen molar-refractivity contribution in [3.8, 4) is 0 Å². The lowest BCUT2D eigenvalue weighted by molar-refractivity contribution is -0.125. The highest BCUT2D eigenvalue weighted by atomic mass is 19.3.